The van der Waals surface area contributed by atoms with Crippen LogP contribution >= 0.6 is 11.7 Å². The van der Waals surface area contributed by atoms with Gasteiger partial charge in [-0.15, -0.1) is 0 Å². The van der Waals surface area contributed by atoms with E-state index in [9.17, 15) is 4.79 Å². The second kappa shape index (κ2) is 3.51. The topological polar surface area (TPSA) is 52.1 Å². The Morgan fingerprint density at radius 2 is 2.69 bits per heavy atom. The first-order chi connectivity index (χ1) is 6.35. The fourth-order valence-corrected chi connectivity index (χ4v) is 1.95. The largest absolute Gasteiger partial charge is 0.380 e. The Kier molecular flexibility index (Phi) is 2.37. The number of carbonyl (C=O) groups is 1. The van der Waals surface area contributed by atoms with Crippen molar-refractivity contribution < 1.29 is 9.53 Å². The van der Waals surface area contributed by atoms with Crippen LogP contribution in [0.2, 0.25) is 0 Å². The van der Waals surface area contributed by atoms with Gasteiger partial charge in [0.25, 0.3) is 0 Å². The number of aldehydes is 1. The Morgan fingerprint density at radius 1 is 1.77 bits per heavy atom. The third kappa shape index (κ3) is 1.76. The normalized spacial score (nSPS) is 27.7. The van der Waals surface area contributed by atoms with Crippen molar-refractivity contribution in [3.05, 3.63) is 11.9 Å². The summed E-state index contributed by atoms with van der Waals surface area (Å²) in [4.78, 5) is 10.9. The van der Waals surface area contributed by atoms with Crippen molar-refractivity contribution in [2.24, 2.45) is 5.41 Å². The molecule has 0 amide bonds. The third-order valence-corrected chi connectivity index (χ3v) is 2.84. The van der Waals surface area contributed by atoms with Gasteiger partial charge in [-0.25, -0.2) is 0 Å². The molecule has 0 aliphatic carbocycles. The molecule has 70 valence electrons. The Bertz CT molecular complexity index is 280. The molecule has 0 saturated carbocycles. The summed E-state index contributed by atoms with van der Waals surface area (Å²) in [6.45, 7) is 1.20. The summed E-state index contributed by atoms with van der Waals surface area (Å²) in [6.07, 6.45) is 4.18. The lowest BCUT2D eigenvalue weighted by Gasteiger charge is -2.17. The fraction of sp³-hybridized carbons (Fsp3) is 0.625. The van der Waals surface area contributed by atoms with Gasteiger partial charge in [0.15, 0.2) is 0 Å². The molecule has 0 bridgehead atoms. The third-order valence-electron chi connectivity index (χ3n) is 2.32. The van der Waals surface area contributed by atoms with E-state index in [1.165, 1.54) is 11.7 Å². The van der Waals surface area contributed by atoms with E-state index in [1.54, 1.807) is 6.20 Å². The molecular weight excluding hydrogens is 188 g/mol. The summed E-state index contributed by atoms with van der Waals surface area (Å²) >= 11 is 1.18. The van der Waals surface area contributed by atoms with E-state index in [4.69, 9.17) is 4.74 Å². The molecule has 0 radical (unpaired) electrons. The van der Waals surface area contributed by atoms with E-state index in [1.807, 2.05) is 0 Å². The Morgan fingerprint density at radius 3 is 3.23 bits per heavy atom. The van der Waals surface area contributed by atoms with Gasteiger partial charge in [0.1, 0.15) is 6.29 Å². The number of nitrogens with zero attached hydrogens (tertiary/aromatic N) is 2. The van der Waals surface area contributed by atoms with Crippen LogP contribution in [0.15, 0.2) is 6.20 Å². The van der Waals surface area contributed by atoms with Crippen molar-refractivity contribution >= 4 is 18.0 Å². The minimum atomic E-state index is -0.338. The first-order valence-corrected chi connectivity index (χ1v) is 4.88. The Labute approximate surface area is 80.3 Å². The molecule has 1 atom stereocenters. The highest BCUT2D eigenvalue weighted by Gasteiger charge is 2.35. The number of carbonyl (C=O) groups excluding carboxylic acids is 1. The van der Waals surface area contributed by atoms with E-state index in [2.05, 4.69) is 8.75 Å². The van der Waals surface area contributed by atoms with Crippen molar-refractivity contribution in [1.29, 1.82) is 0 Å². The smallest absolute Gasteiger partial charge is 0.128 e. The average Bonchev–Trinajstić information content (AvgIpc) is 2.77. The van der Waals surface area contributed by atoms with Gasteiger partial charge in [0.2, 0.25) is 0 Å². The van der Waals surface area contributed by atoms with Crippen molar-refractivity contribution in [3.8, 4) is 0 Å². The molecule has 1 aromatic heterocycles. The van der Waals surface area contributed by atoms with Gasteiger partial charge >= 0.3 is 0 Å². The SMILES string of the molecule is O=CC1(Cc2cnsn2)CCOC1. The summed E-state index contributed by atoms with van der Waals surface area (Å²) in [5, 5.41) is 0. The zero-order valence-electron chi connectivity index (χ0n) is 7.10. The molecule has 4 nitrogen and oxygen atoms in total. The van der Waals surface area contributed by atoms with Crippen LogP contribution in [-0.2, 0) is 16.0 Å². The van der Waals surface area contributed by atoms with Gasteiger partial charge in [0, 0.05) is 13.0 Å². The van der Waals surface area contributed by atoms with Gasteiger partial charge in [-0.3, -0.25) is 0 Å². The van der Waals surface area contributed by atoms with Crippen LogP contribution in [0.1, 0.15) is 12.1 Å². The molecule has 1 saturated heterocycles. The highest BCUT2D eigenvalue weighted by Crippen LogP contribution is 2.29. The standard InChI is InChI=1S/C8H10N2O2S/c11-5-8(1-2-12-6-8)3-7-4-9-13-10-7/h4-5H,1-3,6H2. The van der Waals surface area contributed by atoms with Crippen LogP contribution in [0.25, 0.3) is 0 Å². The first kappa shape index (κ1) is 8.77. The molecule has 1 aliphatic heterocycles. The highest BCUT2D eigenvalue weighted by molar-refractivity contribution is 6.99. The van der Waals surface area contributed by atoms with E-state index < -0.39 is 0 Å². The van der Waals surface area contributed by atoms with Crippen molar-refractivity contribution in [2.45, 2.75) is 12.8 Å². The van der Waals surface area contributed by atoms with Crippen LogP contribution in [0.4, 0.5) is 0 Å². The van der Waals surface area contributed by atoms with E-state index in [0.717, 1.165) is 18.4 Å². The number of ether oxygens (including phenoxy) is 1. The summed E-state index contributed by atoms with van der Waals surface area (Å²) in [7, 11) is 0. The molecule has 5 heteroatoms. The molecule has 2 rings (SSSR count). The molecule has 2 heterocycles. The quantitative estimate of drug-likeness (QED) is 0.670. The van der Waals surface area contributed by atoms with Crippen LogP contribution in [0.3, 0.4) is 0 Å². The van der Waals surface area contributed by atoms with Crippen LogP contribution < -0.4 is 0 Å². The van der Waals surface area contributed by atoms with Crippen molar-refractivity contribution in [3.63, 3.8) is 0 Å². The molecule has 1 unspecified atom stereocenters. The van der Waals surface area contributed by atoms with Crippen LogP contribution in [0, 0.1) is 5.41 Å². The molecule has 0 spiro atoms. The van der Waals surface area contributed by atoms with Crippen molar-refractivity contribution in [2.75, 3.05) is 13.2 Å². The van der Waals surface area contributed by atoms with Gasteiger partial charge < -0.3 is 9.53 Å². The molecule has 1 aliphatic rings. The maximum atomic E-state index is 10.9. The maximum Gasteiger partial charge on any atom is 0.128 e. The van der Waals surface area contributed by atoms with E-state index in [0.29, 0.717) is 19.6 Å². The maximum absolute atomic E-state index is 10.9. The lowest BCUT2D eigenvalue weighted by Crippen LogP contribution is -2.25. The highest BCUT2D eigenvalue weighted by atomic mass is 32.1. The number of hydrogen-bond acceptors (Lipinski definition) is 5. The van der Waals surface area contributed by atoms with Gasteiger partial charge in [-0.1, -0.05) is 0 Å². The summed E-state index contributed by atoms with van der Waals surface area (Å²) < 4.78 is 13.2. The lowest BCUT2D eigenvalue weighted by atomic mass is 9.84. The van der Waals surface area contributed by atoms with Crippen LogP contribution in [0.5, 0.6) is 0 Å². The predicted molar refractivity (Wildman–Crippen MR) is 47.5 cm³/mol. The zero-order valence-corrected chi connectivity index (χ0v) is 7.92. The van der Waals surface area contributed by atoms with Gasteiger partial charge in [-0.2, -0.15) is 8.75 Å². The Balaban J connectivity index is 2.10. The fourth-order valence-electron chi connectivity index (χ4n) is 1.52. The molecule has 0 aromatic carbocycles. The monoisotopic (exact) mass is 198 g/mol. The second-order valence-corrected chi connectivity index (χ2v) is 3.92. The average molecular weight is 198 g/mol. The van der Waals surface area contributed by atoms with E-state index >= 15 is 0 Å². The minimum Gasteiger partial charge on any atom is -0.380 e. The summed E-state index contributed by atoms with van der Waals surface area (Å²) in [5.41, 5.74) is 0.554. The summed E-state index contributed by atoms with van der Waals surface area (Å²) in [6, 6.07) is 0. The molecule has 1 fully saturated rings. The van der Waals surface area contributed by atoms with E-state index in [-0.39, 0.29) is 5.41 Å². The number of aromatic nitrogens is 2. The number of rotatable bonds is 3. The molecule has 13 heavy (non-hydrogen) atoms. The van der Waals surface area contributed by atoms with Crippen molar-refractivity contribution in [1.82, 2.24) is 8.75 Å². The first-order valence-electron chi connectivity index (χ1n) is 4.15. The minimum absolute atomic E-state index is 0.338. The zero-order chi connectivity index (χ0) is 9.15. The van der Waals surface area contributed by atoms with Crippen LogP contribution in [-0.4, -0.2) is 28.2 Å². The summed E-state index contributed by atoms with van der Waals surface area (Å²) in [5.74, 6) is 0. The molecule has 0 N–H and O–H groups in total. The number of hydrogen-bond donors (Lipinski definition) is 0. The molecule has 1 aromatic rings. The van der Waals surface area contributed by atoms with Gasteiger partial charge in [-0.05, 0) is 6.42 Å². The Hall–Kier alpha value is -0.810. The molecular formula is C8H10N2O2S. The second-order valence-electron chi connectivity index (χ2n) is 3.36. The lowest BCUT2D eigenvalue weighted by molar-refractivity contribution is -0.116. The predicted octanol–water partition coefficient (Wildman–Crippen LogP) is 0.686. The van der Waals surface area contributed by atoms with Gasteiger partial charge in [0.05, 0.1) is 35.6 Å².